The van der Waals surface area contributed by atoms with Crippen molar-refractivity contribution in [2.75, 3.05) is 51.7 Å². The van der Waals surface area contributed by atoms with E-state index in [4.69, 9.17) is 10.5 Å². The normalized spacial score (nSPS) is 32.7. The molecule has 3 fully saturated rings. The first kappa shape index (κ1) is 18.9. The fraction of sp³-hybridized carbons (Fsp3) is 0.545. The van der Waals surface area contributed by atoms with Crippen LogP contribution in [0, 0.1) is 11.3 Å². The van der Waals surface area contributed by atoms with Crippen molar-refractivity contribution in [3.63, 3.8) is 0 Å². The molecule has 3 heterocycles. The number of hydrogen-bond donors (Lipinski definition) is 2. The van der Waals surface area contributed by atoms with Crippen molar-refractivity contribution in [3.05, 3.63) is 53.9 Å². The predicted octanol–water partition coefficient (Wildman–Crippen LogP) is 0.968. The van der Waals surface area contributed by atoms with Crippen molar-refractivity contribution in [3.8, 4) is 0 Å². The number of ether oxygens (including phenoxy) is 1. The van der Waals surface area contributed by atoms with E-state index < -0.39 is 0 Å². The highest BCUT2D eigenvalue weighted by molar-refractivity contribution is 5.37. The molecule has 3 aliphatic rings. The van der Waals surface area contributed by atoms with Gasteiger partial charge in [-0.05, 0) is 17.4 Å². The number of aromatic nitrogens is 2. The van der Waals surface area contributed by atoms with Crippen LogP contribution in [0.3, 0.4) is 0 Å². The number of morpholine rings is 1. The monoisotopic (exact) mass is 395 g/mol. The van der Waals surface area contributed by atoms with Gasteiger partial charge in [0.1, 0.15) is 0 Å². The molecule has 29 heavy (non-hydrogen) atoms. The Morgan fingerprint density at radius 1 is 1.10 bits per heavy atom. The molecule has 3 N–H and O–H groups in total. The lowest BCUT2D eigenvalue weighted by molar-refractivity contribution is 0.0311. The van der Waals surface area contributed by atoms with Crippen LogP contribution in [0.2, 0.25) is 0 Å². The summed E-state index contributed by atoms with van der Waals surface area (Å²) >= 11 is 0. The molecule has 0 unspecified atom stereocenters. The third-order valence-corrected chi connectivity index (χ3v) is 6.96. The number of nitrogens with two attached hydrogens (primary N) is 1. The zero-order valence-electron chi connectivity index (χ0n) is 16.7. The smallest absolute Gasteiger partial charge is 0.219 e. The fourth-order valence-corrected chi connectivity index (χ4v) is 5.55. The molecule has 2 saturated heterocycles. The molecule has 1 saturated carbocycles. The zero-order chi connectivity index (χ0) is 19.8. The van der Waals surface area contributed by atoms with Crippen LogP contribution in [-0.2, 0) is 11.3 Å². The Morgan fingerprint density at radius 2 is 1.83 bits per heavy atom. The van der Waals surface area contributed by atoms with Crippen LogP contribution >= 0.6 is 0 Å². The lowest BCUT2D eigenvalue weighted by Crippen LogP contribution is -2.39. The van der Waals surface area contributed by atoms with Crippen LogP contribution in [0.4, 0.5) is 5.95 Å². The van der Waals surface area contributed by atoms with Crippen LogP contribution in [0.15, 0.2) is 42.7 Å². The van der Waals surface area contributed by atoms with E-state index in [0.29, 0.717) is 24.3 Å². The second-order valence-corrected chi connectivity index (χ2v) is 8.66. The highest BCUT2D eigenvalue weighted by Gasteiger charge is 2.71. The van der Waals surface area contributed by atoms with Gasteiger partial charge in [0.15, 0.2) is 0 Å². The Balaban J connectivity index is 1.35. The number of nitrogen functional groups attached to an aromatic ring is 1. The number of nitrogens with zero attached hydrogens (tertiary/aromatic N) is 4. The highest BCUT2D eigenvalue weighted by atomic mass is 16.5. The number of hydrogen-bond acceptors (Lipinski definition) is 7. The largest absolute Gasteiger partial charge is 0.391 e. The number of benzene rings is 1. The molecule has 1 aromatic heterocycles. The molecule has 154 valence electrons. The molecule has 2 aliphatic heterocycles. The summed E-state index contributed by atoms with van der Waals surface area (Å²) in [6, 6.07) is 10.7. The Kier molecular flexibility index (Phi) is 4.99. The van der Waals surface area contributed by atoms with Gasteiger partial charge >= 0.3 is 0 Å². The van der Waals surface area contributed by atoms with Crippen molar-refractivity contribution in [2.45, 2.75) is 18.6 Å². The van der Waals surface area contributed by atoms with Gasteiger partial charge in [0.25, 0.3) is 0 Å². The van der Waals surface area contributed by atoms with Crippen LogP contribution in [-0.4, -0.2) is 76.9 Å². The third-order valence-electron chi connectivity index (χ3n) is 6.96. The van der Waals surface area contributed by atoms with Gasteiger partial charge in [-0.1, -0.05) is 30.3 Å². The molecule has 2 aromatic rings. The maximum atomic E-state index is 11.2. The maximum Gasteiger partial charge on any atom is 0.219 e. The summed E-state index contributed by atoms with van der Waals surface area (Å²) < 4.78 is 5.52. The second-order valence-electron chi connectivity index (χ2n) is 8.66. The number of aliphatic hydroxyl groups is 1. The number of likely N-dealkylation sites (tertiary alicyclic amines) is 1. The first-order valence-electron chi connectivity index (χ1n) is 10.5. The number of rotatable bonds is 5. The Morgan fingerprint density at radius 3 is 2.55 bits per heavy atom. The topological polar surface area (TPSA) is 87.7 Å². The summed E-state index contributed by atoms with van der Waals surface area (Å²) in [5.74, 6) is 1.16. The minimum absolute atomic E-state index is 0.0751. The van der Waals surface area contributed by atoms with Gasteiger partial charge in [-0.15, -0.1) is 0 Å². The molecule has 1 aliphatic carbocycles. The van der Waals surface area contributed by atoms with Crippen molar-refractivity contribution >= 4 is 5.95 Å². The average Bonchev–Trinajstić information content (AvgIpc) is 3.25. The van der Waals surface area contributed by atoms with Crippen LogP contribution < -0.4 is 5.73 Å². The van der Waals surface area contributed by atoms with E-state index in [1.807, 2.05) is 0 Å². The highest BCUT2D eigenvalue weighted by Crippen LogP contribution is 2.69. The van der Waals surface area contributed by atoms with E-state index in [2.05, 4.69) is 50.1 Å². The van der Waals surface area contributed by atoms with Gasteiger partial charge in [0.2, 0.25) is 5.95 Å². The van der Waals surface area contributed by atoms with Crippen molar-refractivity contribution in [1.82, 2.24) is 19.8 Å². The second kappa shape index (κ2) is 7.65. The van der Waals surface area contributed by atoms with Gasteiger partial charge in [-0.2, -0.15) is 0 Å². The molecular formula is C22H29N5O2. The molecule has 0 bridgehead atoms. The zero-order valence-corrected chi connectivity index (χ0v) is 16.7. The Labute approximate surface area is 171 Å². The van der Waals surface area contributed by atoms with Crippen LogP contribution in [0.5, 0.6) is 0 Å². The van der Waals surface area contributed by atoms with Gasteiger partial charge in [-0.3, -0.25) is 9.80 Å². The fourth-order valence-electron chi connectivity index (χ4n) is 5.55. The molecule has 5 rings (SSSR count). The van der Waals surface area contributed by atoms with Crippen molar-refractivity contribution in [1.29, 1.82) is 0 Å². The van der Waals surface area contributed by atoms with E-state index in [1.54, 1.807) is 12.4 Å². The van der Waals surface area contributed by atoms with Crippen molar-refractivity contribution in [2.24, 2.45) is 11.3 Å². The summed E-state index contributed by atoms with van der Waals surface area (Å²) in [5, 5.41) is 11.2. The third kappa shape index (κ3) is 3.53. The summed E-state index contributed by atoms with van der Waals surface area (Å²) in [7, 11) is 0. The molecule has 1 spiro atoms. The summed E-state index contributed by atoms with van der Waals surface area (Å²) in [6.45, 7) is 6.93. The minimum Gasteiger partial charge on any atom is -0.391 e. The van der Waals surface area contributed by atoms with Gasteiger partial charge < -0.3 is 15.6 Å². The lowest BCUT2D eigenvalue weighted by atomic mass is 9.95. The van der Waals surface area contributed by atoms with E-state index in [9.17, 15) is 5.11 Å². The lowest BCUT2D eigenvalue weighted by Gasteiger charge is -2.27. The first-order chi connectivity index (χ1) is 14.2. The Bertz CT molecular complexity index is 827. The Hall–Kier alpha value is -2.06. The quantitative estimate of drug-likeness (QED) is 0.780. The summed E-state index contributed by atoms with van der Waals surface area (Å²) in [6.07, 6.45) is 3.24. The SMILES string of the molecule is Nc1ncc(CN2C[C@@H](O)[C@@]3(C2)[C@H](CN2CCOCC2)[C@H]3c2ccccc2)cn1. The van der Waals surface area contributed by atoms with Gasteiger partial charge in [0.05, 0.1) is 19.3 Å². The predicted molar refractivity (Wildman–Crippen MR) is 110 cm³/mol. The minimum atomic E-state index is -0.326. The summed E-state index contributed by atoms with van der Waals surface area (Å²) in [4.78, 5) is 13.1. The standard InChI is InChI=1S/C22H29N5O2/c23-21-24-10-16(11-25-21)12-27-14-19(28)22(15-27)18(13-26-6-8-29-9-7-26)20(22)17-4-2-1-3-5-17/h1-5,10-11,18-20,28H,6-9,12-15H2,(H2,23,24,25)/t18-,19-,20-,22-/m1/s1. The van der Waals surface area contributed by atoms with Crippen molar-refractivity contribution < 1.29 is 9.84 Å². The number of anilines is 1. The summed E-state index contributed by atoms with van der Waals surface area (Å²) in [5.41, 5.74) is 7.92. The molecule has 1 aromatic carbocycles. The first-order valence-corrected chi connectivity index (χ1v) is 10.5. The van der Waals surface area contributed by atoms with E-state index >= 15 is 0 Å². The van der Waals surface area contributed by atoms with E-state index in [0.717, 1.165) is 51.5 Å². The van der Waals surface area contributed by atoms with Gasteiger partial charge in [-0.25, -0.2) is 9.97 Å². The van der Waals surface area contributed by atoms with Crippen LogP contribution in [0.25, 0.3) is 0 Å². The van der Waals surface area contributed by atoms with Crippen LogP contribution in [0.1, 0.15) is 17.0 Å². The van der Waals surface area contributed by atoms with Gasteiger partial charge in [0, 0.05) is 62.6 Å². The van der Waals surface area contributed by atoms with E-state index in [-0.39, 0.29) is 11.5 Å². The average molecular weight is 396 g/mol. The molecule has 0 radical (unpaired) electrons. The molecule has 7 nitrogen and oxygen atoms in total. The molecule has 7 heteroatoms. The molecular weight excluding hydrogens is 366 g/mol. The number of aliphatic hydroxyl groups excluding tert-OH is 1. The molecule has 0 amide bonds. The maximum absolute atomic E-state index is 11.2. The number of β-amino-alcohol motifs (C(OH)–C–C–N with tert-alkyl or cyclic N) is 1. The molecule has 4 atom stereocenters. The van der Waals surface area contributed by atoms with E-state index in [1.165, 1.54) is 5.56 Å².